The van der Waals surface area contributed by atoms with Gasteiger partial charge in [-0.1, -0.05) is 24.4 Å². The number of rotatable bonds is 6. The highest BCUT2D eigenvalue weighted by Crippen LogP contribution is 2.23. The van der Waals surface area contributed by atoms with Gasteiger partial charge in [-0.25, -0.2) is 0 Å². The molecule has 0 radical (unpaired) electrons. The van der Waals surface area contributed by atoms with Crippen molar-refractivity contribution in [3.05, 3.63) is 0 Å². The van der Waals surface area contributed by atoms with E-state index in [1.54, 1.807) is 0 Å². The molecule has 0 aliphatic carbocycles. The van der Waals surface area contributed by atoms with Gasteiger partial charge < -0.3 is 8.85 Å². The van der Waals surface area contributed by atoms with Gasteiger partial charge in [-0.3, -0.25) is 0 Å². The molecule has 0 heterocycles. The van der Waals surface area contributed by atoms with E-state index in [4.69, 9.17) is 19.9 Å². The average molecular weight is 225 g/mol. The van der Waals surface area contributed by atoms with Gasteiger partial charge in [0.1, 0.15) is 0 Å². The molecule has 0 aromatic carbocycles. The SMILES string of the molecule is CCC[Si](Cl)(OC(C)C)OC(C)C. The van der Waals surface area contributed by atoms with E-state index < -0.39 is 7.87 Å². The predicted molar refractivity (Wildman–Crippen MR) is 59.1 cm³/mol. The Hall–Kier alpha value is 0.427. The molecular weight excluding hydrogens is 204 g/mol. The second-order valence-corrected chi connectivity index (χ2v) is 7.76. The van der Waals surface area contributed by atoms with Crippen molar-refractivity contribution in [3.63, 3.8) is 0 Å². The molecule has 0 N–H and O–H groups in total. The highest BCUT2D eigenvalue weighted by Gasteiger charge is 2.36. The van der Waals surface area contributed by atoms with Crippen LogP contribution in [-0.2, 0) is 8.85 Å². The monoisotopic (exact) mass is 224 g/mol. The number of halogens is 1. The van der Waals surface area contributed by atoms with E-state index in [1.165, 1.54) is 0 Å². The van der Waals surface area contributed by atoms with Crippen molar-refractivity contribution in [2.45, 2.75) is 59.3 Å². The van der Waals surface area contributed by atoms with Crippen LogP contribution < -0.4 is 0 Å². The lowest BCUT2D eigenvalue weighted by Crippen LogP contribution is -2.40. The molecule has 0 saturated heterocycles. The fraction of sp³-hybridized carbons (Fsp3) is 1.00. The Morgan fingerprint density at radius 2 is 1.46 bits per heavy atom. The summed E-state index contributed by atoms with van der Waals surface area (Å²) in [7, 11) is -2.40. The van der Waals surface area contributed by atoms with E-state index in [0.29, 0.717) is 0 Å². The van der Waals surface area contributed by atoms with Crippen LogP contribution in [0.3, 0.4) is 0 Å². The molecule has 2 nitrogen and oxygen atoms in total. The van der Waals surface area contributed by atoms with E-state index in [1.807, 2.05) is 27.7 Å². The van der Waals surface area contributed by atoms with Crippen molar-refractivity contribution in [1.82, 2.24) is 0 Å². The predicted octanol–water partition coefficient (Wildman–Crippen LogP) is 3.42. The van der Waals surface area contributed by atoms with Crippen molar-refractivity contribution >= 4 is 18.9 Å². The molecule has 0 aromatic rings. The second-order valence-electron chi connectivity index (χ2n) is 3.74. The maximum absolute atomic E-state index is 6.32. The van der Waals surface area contributed by atoms with Crippen molar-refractivity contribution < 1.29 is 8.85 Å². The largest absolute Gasteiger partial charge is 0.443 e. The molecule has 0 atom stereocenters. The summed E-state index contributed by atoms with van der Waals surface area (Å²) < 4.78 is 11.3. The molecule has 0 aromatic heterocycles. The molecule has 0 bridgehead atoms. The zero-order chi connectivity index (χ0) is 10.5. The molecule has 0 amide bonds. The van der Waals surface area contributed by atoms with Gasteiger partial charge in [0.25, 0.3) is 0 Å². The highest BCUT2D eigenvalue weighted by molar-refractivity contribution is 7.13. The Bertz CT molecular complexity index is 130. The summed E-state index contributed by atoms with van der Waals surface area (Å²) in [6.07, 6.45) is 1.30. The van der Waals surface area contributed by atoms with Gasteiger partial charge in [0.2, 0.25) is 0 Å². The van der Waals surface area contributed by atoms with E-state index >= 15 is 0 Å². The third kappa shape index (κ3) is 6.49. The first kappa shape index (κ1) is 13.4. The molecule has 0 fully saturated rings. The maximum atomic E-state index is 6.32. The standard InChI is InChI=1S/C9H21ClO2Si/c1-6-7-13(10,11-8(2)3)12-9(4)5/h8-9H,6-7H2,1-5H3. The number of hydrogen-bond acceptors (Lipinski definition) is 2. The quantitative estimate of drug-likeness (QED) is 0.509. The van der Waals surface area contributed by atoms with Crippen LogP contribution in [0.5, 0.6) is 0 Å². The van der Waals surface area contributed by atoms with Crippen LogP contribution in [0.1, 0.15) is 41.0 Å². The molecule has 80 valence electrons. The van der Waals surface area contributed by atoms with E-state index in [-0.39, 0.29) is 12.2 Å². The first-order valence-electron chi connectivity index (χ1n) is 4.94. The summed E-state index contributed by atoms with van der Waals surface area (Å²) >= 11 is 6.32. The van der Waals surface area contributed by atoms with Crippen LogP contribution in [0.15, 0.2) is 0 Å². The van der Waals surface area contributed by atoms with Gasteiger partial charge in [0.05, 0.1) is 0 Å². The average Bonchev–Trinajstić information content (AvgIpc) is 1.81. The summed E-state index contributed by atoms with van der Waals surface area (Å²) in [6, 6.07) is 0.852. The Kier molecular flexibility index (Phi) is 6.21. The van der Waals surface area contributed by atoms with Crippen molar-refractivity contribution in [2.75, 3.05) is 0 Å². The van der Waals surface area contributed by atoms with Gasteiger partial charge in [-0.05, 0) is 27.7 Å². The first-order valence-corrected chi connectivity index (χ1v) is 7.97. The highest BCUT2D eigenvalue weighted by atomic mass is 35.6. The van der Waals surface area contributed by atoms with Crippen molar-refractivity contribution in [1.29, 1.82) is 0 Å². The van der Waals surface area contributed by atoms with Crippen LogP contribution in [0, 0.1) is 0 Å². The fourth-order valence-electron chi connectivity index (χ4n) is 1.15. The lowest BCUT2D eigenvalue weighted by Gasteiger charge is -2.27. The molecule has 0 rings (SSSR count). The minimum atomic E-state index is -2.40. The molecular formula is C9H21ClO2Si. The molecule has 0 spiro atoms. The molecule has 0 aliphatic heterocycles. The molecule has 0 unspecified atom stereocenters. The lowest BCUT2D eigenvalue weighted by atomic mass is 10.5. The Labute approximate surface area is 87.5 Å². The fourth-order valence-corrected chi connectivity index (χ4v) is 5.08. The Balaban J connectivity index is 4.15. The molecule has 13 heavy (non-hydrogen) atoms. The maximum Gasteiger partial charge on any atom is 0.443 e. The van der Waals surface area contributed by atoms with Gasteiger partial charge in [0.15, 0.2) is 0 Å². The van der Waals surface area contributed by atoms with E-state index in [0.717, 1.165) is 12.5 Å². The summed E-state index contributed by atoms with van der Waals surface area (Å²) in [4.78, 5) is 0. The summed E-state index contributed by atoms with van der Waals surface area (Å²) in [5.74, 6) is 0. The lowest BCUT2D eigenvalue weighted by molar-refractivity contribution is 0.121. The normalized spacial score (nSPS) is 12.9. The smallest absolute Gasteiger partial charge is 0.381 e. The van der Waals surface area contributed by atoms with Gasteiger partial charge in [-0.2, -0.15) is 0 Å². The third-order valence-electron chi connectivity index (χ3n) is 1.37. The summed E-state index contributed by atoms with van der Waals surface area (Å²) in [5, 5.41) is 0. The number of hydrogen-bond donors (Lipinski definition) is 0. The minimum absolute atomic E-state index is 0.148. The van der Waals surface area contributed by atoms with Gasteiger partial charge >= 0.3 is 7.87 Å². The molecule has 0 saturated carbocycles. The van der Waals surface area contributed by atoms with Crippen LogP contribution in [0.2, 0.25) is 6.04 Å². The second kappa shape index (κ2) is 6.01. The minimum Gasteiger partial charge on any atom is -0.381 e. The van der Waals surface area contributed by atoms with Crippen LogP contribution in [-0.4, -0.2) is 20.1 Å². The summed E-state index contributed by atoms with van der Waals surface area (Å²) in [5.41, 5.74) is 0. The van der Waals surface area contributed by atoms with Crippen molar-refractivity contribution in [3.8, 4) is 0 Å². The topological polar surface area (TPSA) is 18.5 Å². The molecule has 0 aliphatic rings. The van der Waals surface area contributed by atoms with Crippen LogP contribution in [0.4, 0.5) is 0 Å². The van der Waals surface area contributed by atoms with Gasteiger partial charge in [0, 0.05) is 18.3 Å². The van der Waals surface area contributed by atoms with E-state index in [2.05, 4.69) is 6.92 Å². The van der Waals surface area contributed by atoms with Crippen LogP contribution >= 0.6 is 11.1 Å². The zero-order valence-electron chi connectivity index (χ0n) is 9.26. The molecule has 4 heteroatoms. The van der Waals surface area contributed by atoms with Crippen molar-refractivity contribution in [2.24, 2.45) is 0 Å². The first-order chi connectivity index (χ1) is 5.89. The van der Waals surface area contributed by atoms with Crippen LogP contribution in [0.25, 0.3) is 0 Å². The van der Waals surface area contributed by atoms with Gasteiger partial charge in [-0.15, -0.1) is 0 Å². The zero-order valence-corrected chi connectivity index (χ0v) is 11.0. The third-order valence-corrected chi connectivity index (χ3v) is 5.22. The Morgan fingerprint density at radius 1 is 1.08 bits per heavy atom. The van der Waals surface area contributed by atoms with E-state index in [9.17, 15) is 0 Å². The summed E-state index contributed by atoms with van der Waals surface area (Å²) in [6.45, 7) is 10.1. The Morgan fingerprint density at radius 3 is 1.69 bits per heavy atom.